The molecule has 0 aromatic heterocycles. The number of Topliss-reactive ketones (excluding diaryl/α,β-unsaturated/α-hetero) is 2. The van der Waals surface area contributed by atoms with Crippen molar-refractivity contribution in [1.82, 2.24) is 10.6 Å². The second kappa shape index (κ2) is 14.6. The molecule has 0 aliphatic rings. The summed E-state index contributed by atoms with van der Waals surface area (Å²) in [6.07, 6.45) is 3.91. The molecular formula is C22H44N2O2S. The molecule has 4 nitrogen and oxygen atoms in total. The van der Waals surface area contributed by atoms with Gasteiger partial charge in [0.15, 0.2) is 11.6 Å². The van der Waals surface area contributed by atoms with Crippen LogP contribution in [0.2, 0.25) is 0 Å². The molecule has 0 saturated carbocycles. The minimum Gasteiger partial charge on any atom is -0.305 e. The summed E-state index contributed by atoms with van der Waals surface area (Å²) < 4.78 is 0. The summed E-state index contributed by atoms with van der Waals surface area (Å²) in [6, 6.07) is 0.617. The molecule has 0 aliphatic carbocycles. The first-order valence-electron chi connectivity index (χ1n) is 10.7. The second-order valence-electron chi connectivity index (χ2n) is 8.76. The Labute approximate surface area is 172 Å². The highest BCUT2D eigenvalue weighted by atomic mass is 32.2. The zero-order chi connectivity index (χ0) is 21.0. The van der Waals surface area contributed by atoms with Gasteiger partial charge in [0, 0.05) is 23.9 Å². The first-order chi connectivity index (χ1) is 12.6. The van der Waals surface area contributed by atoms with Crippen LogP contribution in [0.5, 0.6) is 0 Å². The maximum atomic E-state index is 12.3. The van der Waals surface area contributed by atoms with Crippen molar-refractivity contribution >= 4 is 23.3 Å². The molecule has 0 heterocycles. The van der Waals surface area contributed by atoms with Crippen LogP contribution in [-0.4, -0.2) is 47.2 Å². The van der Waals surface area contributed by atoms with Crippen molar-refractivity contribution < 1.29 is 9.59 Å². The predicted octanol–water partition coefficient (Wildman–Crippen LogP) is 4.46. The monoisotopic (exact) mass is 400 g/mol. The Kier molecular flexibility index (Phi) is 14.4. The van der Waals surface area contributed by atoms with Crippen LogP contribution in [0.25, 0.3) is 0 Å². The fourth-order valence-corrected chi connectivity index (χ4v) is 4.05. The number of ketones is 2. The Morgan fingerprint density at radius 3 is 1.26 bits per heavy atom. The summed E-state index contributed by atoms with van der Waals surface area (Å²) in [6.45, 7) is 16.3. The number of thioether (sulfide) groups is 1. The third-order valence-corrected chi connectivity index (χ3v) is 5.61. The zero-order valence-electron chi connectivity index (χ0n) is 18.9. The van der Waals surface area contributed by atoms with Gasteiger partial charge in [-0.3, -0.25) is 9.59 Å². The predicted molar refractivity (Wildman–Crippen MR) is 120 cm³/mol. The fraction of sp³-hybridized carbons (Fsp3) is 0.909. The Morgan fingerprint density at radius 2 is 1.00 bits per heavy atom. The highest BCUT2D eigenvalue weighted by Crippen LogP contribution is 2.14. The van der Waals surface area contributed by atoms with Gasteiger partial charge in [-0.2, -0.15) is 11.8 Å². The van der Waals surface area contributed by atoms with Gasteiger partial charge in [0.1, 0.15) is 0 Å². The lowest BCUT2D eigenvalue weighted by molar-refractivity contribution is -0.125. The minimum absolute atomic E-state index is 0.0196. The van der Waals surface area contributed by atoms with Crippen LogP contribution in [0.15, 0.2) is 0 Å². The molecule has 0 aromatic rings. The molecule has 0 fully saturated rings. The summed E-state index contributed by atoms with van der Waals surface area (Å²) in [7, 11) is 0. The summed E-state index contributed by atoms with van der Waals surface area (Å²) in [4.78, 5) is 24.6. The standard InChI is InChI=1S/C22H44N2O2S/c1-15(2)21(25)19(23-17(5)6)11-9-13-27-14-10-12-20(24-18(7)8)22(26)16(3)4/h15-20,23-24H,9-14H2,1-8H3. The molecule has 2 unspecified atom stereocenters. The van der Waals surface area contributed by atoms with Crippen molar-refractivity contribution in [3.05, 3.63) is 0 Å². The third-order valence-electron chi connectivity index (χ3n) is 4.46. The molecular weight excluding hydrogens is 356 g/mol. The lowest BCUT2D eigenvalue weighted by Crippen LogP contribution is -2.42. The Bertz CT molecular complexity index is 385. The van der Waals surface area contributed by atoms with Gasteiger partial charge in [0.05, 0.1) is 12.1 Å². The average molecular weight is 401 g/mol. The minimum atomic E-state index is -0.0196. The third kappa shape index (κ3) is 12.6. The quantitative estimate of drug-likeness (QED) is 0.375. The summed E-state index contributed by atoms with van der Waals surface area (Å²) >= 11 is 1.94. The van der Waals surface area contributed by atoms with Crippen LogP contribution in [0.3, 0.4) is 0 Å². The normalized spacial score (nSPS) is 14.4. The molecule has 0 aromatic carbocycles. The first-order valence-corrected chi connectivity index (χ1v) is 11.9. The lowest BCUT2D eigenvalue weighted by atomic mass is 9.97. The van der Waals surface area contributed by atoms with Gasteiger partial charge in [0.2, 0.25) is 0 Å². The highest BCUT2D eigenvalue weighted by Gasteiger charge is 2.22. The molecule has 2 N–H and O–H groups in total. The van der Waals surface area contributed by atoms with Gasteiger partial charge >= 0.3 is 0 Å². The van der Waals surface area contributed by atoms with Gasteiger partial charge < -0.3 is 10.6 Å². The molecule has 0 aliphatic heterocycles. The summed E-state index contributed by atoms with van der Waals surface area (Å²) in [5, 5.41) is 6.83. The van der Waals surface area contributed by atoms with Crippen LogP contribution in [0.4, 0.5) is 0 Å². The number of nitrogens with one attached hydrogen (secondary N) is 2. The number of rotatable bonds is 16. The van der Waals surface area contributed by atoms with E-state index in [1.807, 2.05) is 39.5 Å². The summed E-state index contributed by atoms with van der Waals surface area (Å²) in [5.74, 6) is 2.95. The average Bonchev–Trinajstić information content (AvgIpc) is 2.56. The first kappa shape index (κ1) is 26.6. The molecule has 0 spiro atoms. The van der Waals surface area contributed by atoms with Gasteiger partial charge in [0.25, 0.3) is 0 Å². The number of hydrogen-bond acceptors (Lipinski definition) is 5. The fourth-order valence-electron chi connectivity index (χ4n) is 3.11. The lowest BCUT2D eigenvalue weighted by Gasteiger charge is -2.22. The second-order valence-corrected chi connectivity index (χ2v) is 9.98. The van der Waals surface area contributed by atoms with E-state index in [-0.39, 0.29) is 23.9 Å². The van der Waals surface area contributed by atoms with Crippen molar-refractivity contribution in [2.24, 2.45) is 11.8 Å². The molecule has 5 heteroatoms. The maximum Gasteiger partial charge on any atom is 0.152 e. The van der Waals surface area contributed by atoms with Crippen LogP contribution in [0.1, 0.15) is 81.1 Å². The smallest absolute Gasteiger partial charge is 0.152 e. The van der Waals surface area contributed by atoms with Crippen molar-refractivity contribution in [3.63, 3.8) is 0 Å². The van der Waals surface area contributed by atoms with E-state index < -0.39 is 0 Å². The Morgan fingerprint density at radius 1 is 0.667 bits per heavy atom. The van der Waals surface area contributed by atoms with Gasteiger partial charge in [-0.1, -0.05) is 55.4 Å². The van der Waals surface area contributed by atoms with E-state index in [0.717, 1.165) is 37.2 Å². The van der Waals surface area contributed by atoms with Crippen molar-refractivity contribution in [1.29, 1.82) is 0 Å². The van der Waals surface area contributed by atoms with Crippen LogP contribution in [0, 0.1) is 11.8 Å². The topological polar surface area (TPSA) is 58.2 Å². The van der Waals surface area contributed by atoms with Crippen LogP contribution >= 0.6 is 11.8 Å². The van der Waals surface area contributed by atoms with Crippen LogP contribution in [-0.2, 0) is 9.59 Å². The van der Waals surface area contributed by atoms with Gasteiger partial charge in [-0.15, -0.1) is 0 Å². The largest absolute Gasteiger partial charge is 0.305 e. The van der Waals surface area contributed by atoms with E-state index in [9.17, 15) is 9.59 Å². The maximum absolute atomic E-state index is 12.3. The number of carbonyl (C=O) groups is 2. The van der Waals surface area contributed by atoms with Crippen LogP contribution < -0.4 is 10.6 Å². The van der Waals surface area contributed by atoms with Gasteiger partial charge in [-0.25, -0.2) is 0 Å². The van der Waals surface area contributed by atoms with E-state index >= 15 is 0 Å². The van der Waals surface area contributed by atoms with E-state index in [1.54, 1.807) is 0 Å². The number of carbonyl (C=O) groups excluding carboxylic acids is 2. The van der Waals surface area contributed by atoms with Gasteiger partial charge in [-0.05, 0) is 37.2 Å². The zero-order valence-corrected chi connectivity index (χ0v) is 19.7. The molecule has 0 bridgehead atoms. The molecule has 27 heavy (non-hydrogen) atoms. The number of hydrogen-bond donors (Lipinski definition) is 2. The molecule has 0 amide bonds. The molecule has 0 radical (unpaired) electrons. The molecule has 2 atom stereocenters. The van der Waals surface area contributed by atoms with E-state index in [4.69, 9.17) is 0 Å². The van der Waals surface area contributed by atoms with Crippen molar-refractivity contribution in [3.8, 4) is 0 Å². The van der Waals surface area contributed by atoms with E-state index in [1.165, 1.54) is 0 Å². The van der Waals surface area contributed by atoms with Crippen molar-refractivity contribution in [2.75, 3.05) is 11.5 Å². The summed E-state index contributed by atoms with van der Waals surface area (Å²) in [5.41, 5.74) is 0. The molecule has 0 rings (SSSR count). The highest BCUT2D eigenvalue weighted by molar-refractivity contribution is 7.99. The molecule has 160 valence electrons. The Hall–Kier alpha value is -0.390. The van der Waals surface area contributed by atoms with Crippen molar-refractivity contribution in [2.45, 2.75) is 105 Å². The SMILES string of the molecule is CC(C)NC(CCCSCCCC(NC(C)C)C(=O)C(C)C)C(=O)C(C)C. The van der Waals surface area contributed by atoms with E-state index in [2.05, 4.69) is 38.3 Å². The molecule has 0 saturated heterocycles. The Balaban J connectivity index is 4.14. The van der Waals surface area contributed by atoms with E-state index in [0.29, 0.717) is 23.7 Å².